The average Bonchev–Trinajstić information content (AvgIpc) is 2.62. The number of rotatable bonds is 5. The van der Waals surface area contributed by atoms with Crippen LogP contribution < -0.4 is 4.74 Å². The minimum absolute atomic E-state index is 0.347. The van der Waals surface area contributed by atoms with E-state index in [1.54, 1.807) is 6.07 Å². The zero-order valence-corrected chi connectivity index (χ0v) is 12.5. The molecule has 0 radical (unpaired) electrons. The van der Waals surface area contributed by atoms with Gasteiger partial charge in [-0.05, 0) is 48.5 Å². The second-order valence-electron chi connectivity index (χ2n) is 5.09. The fraction of sp³-hybridized carbons (Fsp3) is 0.105. The molecule has 116 valence electrons. The fourth-order valence-corrected chi connectivity index (χ4v) is 2.21. The van der Waals surface area contributed by atoms with Crippen molar-refractivity contribution in [2.45, 2.75) is 6.10 Å². The molecule has 0 saturated carbocycles. The normalized spacial score (nSPS) is 11.9. The molecule has 4 nitrogen and oxygen atoms in total. The lowest BCUT2D eigenvalue weighted by atomic mass is 10.1. The van der Waals surface area contributed by atoms with Gasteiger partial charge in [0.25, 0.3) is 0 Å². The Hall–Kier alpha value is -2.69. The number of nitrogens with zero attached hydrogens (tertiary/aromatic N) is 1. The van der Waals surface area contributed by atoms with Gasteiger partial charge in [0, 0.05) is 5.56 Å². The summed E-state index contributed by atoms with van der Waals surface area (Å²) in [6.45, 7) is -0.347. The molecule has 4 heteroatoms. The van der Waals surface area contributed by atoms with Gasteiger partial charge in [-0.1, -0.05) is 24.3 Å². The zero-order valence-electron chi connectivity index (χ0n) is 12.5. The summed E-state index contributed by atoms with van der Waals surface area (Å²) in [4.78, 5) is 4.38. The van der Waals surface area contributed by atoms with Crippen molar-refractivity contribution < 1.29 is 14.9 Å². The number of pyridine rings is 1. The largest absolute Gasteiger partial charge is 0.457 e. The molecule has 0 aliphatic rings. The molecule has 23 heavy (non-hydrogen) atoms. The highest BCUT2D eigenvalue weighted by Gasteiger charge is 2.09. The maximum absolute atomic E-state index is 9.68. The van der Waals surface area contributed by atoms with Crippen molar-refractivity contribution in [2.24, 2.45) is 0 Å². The standard InChI is InChI=1S/C19H17NO3/c21-13-19(22)18-8-4-7-17(20-18)14-9-11-16(12-10-14)23-15-5-2-1-3-6-15/h1-12,19,21-22H,13H2/t19-/m0/s1. The number of ether oxygens (including phenoxy) is 1. The van der Waals surface area contributed by atoms with Crippen molar-refractivity contribution in [3.8, 4) is 22.8 Å². The van der Waals surface area contributed by atoms with E-state index in [0.29, 0.717) is 5.69 Å². The second kappa shape index (κ2) is 7.05. The molecule has 0 spiro atoms. The van der Waals surface area contributed by atoms with Gasteiger partial charge >= 0.3 is 0 Å². The third-order valence-corrected chi connectivity index (χ3v) is 3.41. The Kier molecular flexibility index (Phi) is 4.66. The molecule has 0 bridgehead atoms. The topological polar surface area (TPSA) is 62.6 Å². The summed E-state index contributed by atoms with van der Waals surface area (Å²) in [6, 6.07) is 22.5. The molecule has 0 fully saturated rings. The first-order valence-electron chi connectivity index (χ1n) is 7.35. The Labute approximate surface area is 134 Å². The van der Waals surface area contributed by atoms with Crippen LogP contribution in [0.2, 0.25) is 0 Å². The van der Waals surface area contributed by atoms with Crippen LogP contribution in [0.25, 0.3) is 11.3 Å². The number of aliphatic hydroxyl groups is 2. The van der Waals surface area contributed by atoms with Crippen LogP contribution in [0.4, 0.5) is 0 Å². The molecule has 0 amide bonds. The Morgan fingerprint density at radius 3 is 2.22 bits per heavy atom. The number of aliphatic hydroxyl groups excluding tert-OH is 2. The van der Waals surface area contributed by atoms with Gasteiger partial charge in [-0.2, -0.15) is 0 Å². The van der Waals surface area contributed by atoms with Gasteiger partial charge in [-0.15, -0.1) is 0 Å². The number of hydrogen-bond acceptors (Lipinski definition) is 4. The number of para-hydroxylation sites is 1. The van der Waals surface area contributed by atoms with Crippen LogP contribution in [0, 0.1) is 0 Å². The van der Waals surface area contributed by atoms with Gasteiger partial charge < -0.3 is 14.9 Å². The molecule has 1 atom stereocenters. The molecule has 0 saturated heterocycles. The van der Waals surface area contributed by atoms with E-state index in [1.807, 2.05) is 66.7 Å². The molecule has 0 aliphatic carbocycles. The number of hydrogen-bond donors (Lipinski definition) is 2. The summed E-state index contributed by atoms with van der Waals surface area (Å²) < 4.78 is 5.76. The highest BCUT2D eigenvalue weighted by atomic mass is 16.5. The summed E-state index contributed by atoms with van der Waals surface area (Å²) in [5.74, 6) is 1.53. The Bertz CT molecular complexity index is 757. The Morgan fingerprint density at radius 1 is 0.826 bits per heavy atom. The van der Waals surface area contributed by atoms with E-state index < -0.39 is 6.10 Å². The lowest BCUT2D eigenvalue weighted by Gasteiger charge is -2.09. The molecule has 0 unspecified atom stereocenters. The van der Waals surface area contributed by atoms with Crippen molar-refractivity contribution in [1.29, 1.82) is 0 Å². The molecule has 2 aromatic carbocycles. The zero-order chi connectivity index (χ0) is 16.1. The summed E-state index contributed by atoms with van der Waals surface area (Å²) in [6.07, 6.45) is -0.962. The van der Waals surface area contributed by atoms with Crippen LogP contribution >= 0.6 is 0 Å². The Balaban J connectivity index is 1.79. The lowest BCUT2D eigenvalue weighted by Crippen LogP contribution is -2.05. The predicted octanol–water partition coefficient (Wildman–Crippen LogP) is 3.57. The van der Waals surface area contributed by atoms with Gasteiger partial charge in [-0.25, -0.2) is 4.98 Å². The van der Waals surface area contributed by atoms with Gasteiger partial charge in [0.2, 0.25) is 0 Å². The minimum atomic E-state index is -0.962. The SMILES string of the molecule is OC[C@H](O)c1cccc(-c2ccc(Oc3ccccc3)cc2)n1. The van der Waals surface area contributed by atoms with Gasteiger partial charge in [0.1, 0.15) is 17.6 Å². The summed E-state index contributed by atoms with van der Waals surface area (Å²) in [5, 5.41) is 18.7. The first-order chi connectivity index (χ1) is 11.3. The second-order valence-corrected chi connectivity index (χ2v) is 5.09. The molecule has 2 N–H and O–H groups in total. The molecule has 0 aliphatic heterocycles. The molecule has 1 aromatic heterocycles. The molecular weight excluding hydrogens is 290 g/mol. The number of benzene rings is 2. The minimum Gasteiger partial charge on any atom is -0.457 e. The van der Waals surface area contributed by atoms with E-state index in [0.717, 1.165) is 22.8 Å². The van der Waals surface area contributed by atoms with E-state index >= 15 is 0 Å². The smallest absolute Gasteiger partial charge is 0.127 e. The van der Waals surface area contributed by atoms with E-state index in [-0.39, 0.29) is 6.61 Å². The van der Waals surface area contributed by atoms with Gasteiger partial charge in [0.15, 0.2) is 0 Å². The number of aromatic nitrogens is 1. The van der Waals surface area contributed by atoms with Crippen LogP contribution in [-0.4, -0.2) is 21.8 Å². The van der Waals surface area contributed by atoms with Crippen LogP contribution in [0.5, 0.6) is 11.5 Å². The average molecular weight is 307 g/mol. The third-order valence-electron chi connectivity index (χ3n) is 3.41. The summed E-state index contributed by atoms with van der Waals surface area (Å²) >= 11 is 0. The maximum atomic E-state index is 9.68. The summed E-state index contributed by atoms with van der Waals surface area (Å²) in [7, 11) is 0. The molecule has 3 rings (SSSR count). The quantitative estimate of drug-likeness (QED) is 0.756. The monoisotopic (exact) mass is 307 g/mol. The highest BCUT2D eigenvalue weighted by molar-refractivity contribution is 5.60. The first kappa shape index (κ1) is 15.2. The fourth-order valence-electron chi connectivity index (χ4n) is 2.21. The van der Waals surface area contributed by atoms with E-state index in [1.165, 1.54) is 0 Å². The van der Waals surface area contributed by atoms with E-state index in [4.69, 9.17) is 9.84 Å². The van der Waals surface area contributed by atoms with Crippen molar-refractivity contribution in [1.82, 2.24) is 4.98 Å². The molecule has 3 aromatic rings. The van der Waals surface area contributed by atoms with Gasteiger partial charge in [0.05, 0.1) is 18.0 Å². The highest BCUT2D eigenvalue weighted by Crippen LogP contribution is 2.25. The Morgan fingerprint density at radius 2 is 1.52 bits per heavy atom. The van der Waals surface area contributed by atoms with Crippen molar-refractivity contribution in [3.05, 3.63) is 78.5 Å². The molecular formula is C19H17NO3. The van der Waals surface area contributed by atoms with Gasteiger partial charge in [-0.3, -0.25) is 0 Å². The van der Waals surface area contributed by atoms with E-state index in [9.17, 15) is 5.11 Å². The van der Waals surface area contributed by atoms with Crippen molar-refractivity contribution in [3.63, 3.8) is 0 Å². The third kappa shape index (κ3) is 3.74. The summed E-state index contributed by atoms with van der Waals surface area (Å²) in [5.41, 5.74) is 2.10. The lowest BCUT2D eigenvalue weighted by molar-refractivity contribution is 0.0923. The van der Waals surface area contributed by atoms with Crippen LogP contribution in [-0.2, 0) is 0 Å². The van der Waals surface area contributed by atoms with Crippen molar-refractivity contribution >= 4 is 0 Å². The maximum Gasteiger partial charge on any atom is 0.127 e. The van der Waals surface area contributed by atoms with Crippen molar-refractivity contribution in [2.75, 3.05) is 6.61 Å². The van der Waals surface area contributed by atoms with Crippen LogP contribution in [0.3, 0.4) is 0 Å². The predicted molar refractivity (Wildman–Crippen MR) is 88.2 cm³/mol. The first-order valence-corrected chi connectivity index (χ1v) is 7.35. The van der Waals surface area contributed by atoms with Crippen LogP contribution in [0.1, 0.15) is 11.8 Å². The van der Waals surface area contributed by atoms with Crippen LogP contribution in [0.15, 0.2) is 72.8 Å². The molecule has 1 heterocycles. The van der Waals surface area contributed by atoms with E-state index in [2.05, 4.69) is 4.98 Å².